The molecule has 10 heteroatoms. The van der Waals surface area contributed by atoms with E-state index in [0.29, 0.717) is 30.2 Å². The van der Waals surface area contributed by atoms with Gasteiger partial charge in [0, 0.05) is 19.5 Å². The van der Waals surface area contributed by atoms with Crippen molar-refractivity contribution in [3.63, 3.8) is 0 Å². The van der Waals surface area contributed by atoms with Gasteiger partial charge in [0.1, 0.15) is 11.4 Å². The molecule has 0 saturated carbocycles. The minimum absolute atomic E-state index is 0.101. The van der Waals surface area contributed by atoms with Crippen LogP contribution in [0.5, 0.6) is 11.5 Å². The maximum atomic E-state index is 13.9. The van der Waals surface area contributed by atoms with Crippen molar-refractivity contribution in [2.45, 2.75) is 43.9 Å². The zero-order chi connectivity index (χ0) is 22.2. The lowest BCUT2D eigenvalue weighted by atomic mass is 9.96. The molecule has 168 valence electrons. The average molecular weight is 438 g/mol. The zero-order valence-electron chi connectivity index (χ0n) is 17.4. The highest BCUT2D eigenvalue weighted by Crippen LogP contribution is 2.45. The minimum atomic E-state index is -4.51. The summed E-state index contributed by atoms with van der Waals surface area (Å²) < 4.78 is 53.2. The van der Waals surface area contributed by atoms with E-state index in [0.717, 1.165) is 23.9 Å². The van der Waals surface area contributed by atoms with E-state index < -0.39 is 18.3 Å². The molecular weight excluding hydrogens is 413 g/mol. The van der Waals surface area contributed by atoms with Crippen molar-refractivity contribution in [3.05, 3.63) is 35.5 Å². The fourth-order valence-electron chi connectivity index (χ4n) is 4.27. The van der Waals surface area contributed by atoms with Crippen LogP contribution in [0.4, 0.5) is 19.0 Å². The molecule has 2 aliphatic heterocycles. The third-order valence-corrected chi connectivity index (χ3v) is 5.92. The number of anilines is 1. The number of aromatic nitrogens is 2. The minimum Gasteiger partial charge on any atom is -0.493 e. The first-order chi connectivity index (χ1) is 14.8. The van der Waals surface area contributed by atoms with Crippen LogP contribution in [0.1, 0.15) is 53.7 Å². The van der Waals surface area contributed by atoms with Crippen molar-refractivity contribution >= 4 is 11.7 Å². The van der Waals surface area contributed by atoms with Crippen molar-refractivity contribution in [1.82, 2.24) is 14.7 Å². The van der Waals surface area contributed by atoms with E-state index >= 15 is 0 Å². The number of carbonyl (C=O) groups excluding carboxylic acids is 1. The highest BCUT2D eigenvalue weighted by Gasteiger charge is 2.47. The van der Waals surface area contributed by atoms with Gasteiger partial charge in [0.05, 0.1) is 26.5 Å². The normalized spacial score (nSPS) is 21.3. The Labute approximate surface area is 178 Å². The summed E-state index contributed by atoms with van der Waals surface area (Å²) in [5, 5.41) is 7.08. The Bertz CT molecular complexity index is 954. The lowest BCUT2D eigenvalue weighted by molar-refractivity contribution is -0.173. The van der Waals surface area contributed by atoms with Crippen molar-refractivity contribution in [2.24, 2.45) is 0 Å². The molecule has 1 fully saturated rings. The molecule has 31 heavy (non-hydrogen) atoms. The quantitative estimate of drug-likeness (QED) is 0.776. The molecule has 1 saturated heterocycles. The Morgan fingerprint density at radius 3 is 2.48 bits per heavy atom. The highest BCUT2D eigenvalue weighted by atomic mass is 19.4. The number of benzene rings is 1. The number of alkyl halides is 3. The standard InChI is InChI=1S/C21H25F3N4O3/c1-30-16-7-6-13(10-17(16)31-2)15-11-18(21(22,23)24)28-19(26-15)14(12-25-28)20(29)27-8-4-3-5-9-27/h6-7,10,12,15,18,26H,3-5,8-9,11H2,1-2H3/t15-,18-/m1/s1. The summed E-state index contributed by atoms with van der Waals surface area (Å²) in [5.41, 5.74) is 0.775. The van der Waals surface area contributed by atoms with Crippen LogP contribution in [-0.4, -0.2) is 54.1 Å². The van der Waals surface area contributed by atoms with E-state index in [-0.39, 0.29) is 23.7 Å². The number of methoxy groups -OCH3 is 2. The van der Waals surface area contributed by atoms with Crippen LogP contribution in [0.3, 0.4) is 0 Å². The molecule has 0 spiro atoms. The number of hydrogen-bond donors (Lipinski definition) is 1. The molecule has 7 nitrogen and oxygen atoms in total. The monoisotopic (exact) mass is 438 g/mol. The number of ether oxygens (including phenoxy) is 2. The van der Waals surface area contributed by atoms with Crippen molar-refractivity contribution in [2.75, 3.05) is 32.6 Å². The van der Waals surface area contributed by atoms with Crippen LogP contribution in [0.2, 0.25) is 0 Å². The SMILES string of the molecule is COc1ccc([C@H]2C[C@H](C(F)(F)F)n3ncc(C(=O)N4CCCCC4)c3N2)cc1OC. The Hall–Kier alpha value is -2.91. The van der Waals surface area contributed by atoms with Gasteiger partial charge in [-0.25, -0.2) is 4.68 Å². The van der Waals surface area contributed by atoms with E-state index in [1.165, 1.54) is 20.4 Å². The molecule has 2 atom stereocenters. The number of piperidine rings is 1. The second-order valence-corrected chi connectivity index (χ2v) is 7.81. The number of carbonyl (C=O) groups is 1. The summed E-state index contributed by atoms with van der Waals surface area (Å²) in [6, 6.07) is 2.49. The molecular formula is C21H25F3N4O3. The van der Waals surface area contributed by atoms with E-state index in [1.54, 1.807) is 23.1 Å². The molecule has 2 aliphatic rings. The van der Waals surface area contributed by atoms with Gasteiger partial charge in [0.25, 0.3) is 5.91 Å². The number of amides is 1. The van der Waals surface area contributed by atoms with Gasteiger partial charge in [0.2, 0.25) is 0 Å². The fraction of sp³-hybridized carbons (Fsp3) is 0.524. The summed E-state index contributed by atoms with van der Waals surface area (Å²) in [6.07, 6.45) is -0.695. The number of rotatable bonds is 4. The van der Waals surface area contributed by atoms with Crippen LogP contribution in [-0.2, 0) is 0 Å². The van der Waals surface area contributed by atoms with Gasteiger partial charge in [-0.05, 0) is 37.0 Å². The Balaban J connectivity index is 1.71. The average Bonchev–Trinajstić information content (AvgIpc) is 3.21. The Kier molecular flexibility index (Phi) is 5.72. The first-order valence-corrected chi connectivity index (χ1v) is 10.3. The molecule has 0 aliphatic carbocycles. The van der Waals surface area contributed by atoms with Crippen LogP contribution in [0, 0.1) is 0 Å². The van der Waals surface area contributed by atoms with Crippen molar-refractivity contribution in [3.8, 4) is 11.5 Å². The molecule has 2 aromatic rings. The molecule has 4 rings (SSSR count). The van der Waals surface area contributed by atoms with Crippen LogP contribution >= 0.6 is 0 Å². The summed E-state index contributed by atoms with van der Waals surface area (Å²) in [5.74, 6) is 0.723. The molecule has 1 amide bonds. The van der Waals surface area contributed by atoms with Crippen LogP contribution in [0.15, 0.2) is 24.4 Å². The van der Waals surface area contributed by atoms with Gasteiger partial charge < -0.3 is 19.7 Å². The van der Waals surface area contributed by atoms with Gasteiger partial charge in [0.15, 0.2) is 17.5 Å². The number of likely N-dealkylation sites (tertiary alicyclic amines) is 1. The zero-order valence-corrected chi connectivity index (χ0v) is 17.4. The summed E-state index contributed by atoms with van der Waals surface area (Å²) >= 11 is 0. The van der Waals surface area contributed by atoms with E-state index in [2.05, 4.69) is 10.4 Å². The van der Waals surface area contributed by atoms with Gasteiger partial charge in [-0.3, -0.25) is 4.79 Å². The largest absolute Gasteiger partial charge is 0.493 e. The molecule has 1 aromatic carbocycles. The molecule has 0 radical (unpaired) electrons. The molecule has 0 unspecified atom stereocenters. The predicted octanol–water partition coefficient (Wildman–Crippen LogP) is 4.19. The summed E-state index contributed by atoms with van der Waals surface area (Å²) in [7, 11) is 2.96. The smallest absolute Gasteiger partial charge is 0.410 e. The molecule has 0 bridgehead atoms. The highest BCUT2D eigenvalue weighted by molar-refractivity contribution is 5.99. The van der Waals surface area contributed by atoms with Crippen molar-refractivity contribution < 1.29 is 27.4 Å². The number of fused-ring (bicyclic) bond motifs is 1. The van der Waals surface area contributed by atoms with Gasteiger partial charge in [-0.1, -0.05) is 6.07 Å². The van der Waals surface area contributed by atoms with E-state index in [9.17, 15) is 18.0 Å². The van der Waals surface area contributed by atoms with E-state index in [1.807, 2.05) is 0 Å². The van der Waals surface area contributed by atoms with Gasteiger partial charge >= 0.3 is 6.18 Å². The maximum Gasteiger partial charge on any atom is 0.410 e. The third-order valence-electron chi connectivity index (χ3n) is 5.92. The summed E-state index contributed by atoms with van der Waals surface area (Å²) in [4.78, 5) is 14.7. The van der Waals surface area contributed by atoms with Gasteiger partial charge in [-0.2, -0.15) is 18.3 Å². The molecule has 1 N–H and O–H groups in total. The van der Waals surface area contributed by atoms with Crippen LogP contribution in [0.25, 0.3) is 0 Å². The Morgan fingerprint density at radius 1 is 1.13 bits per heavy atom. The van der Waals surface area contributed by atoms with Gasteiger partial charge in [-0.15, -0.1) is 0 Å². The maximum absolute atomic E-state index is 13.9. The molecule has 1 aromatic heterocycles. The number of nitrogens with zero attached hydrogens (tertiary/aromatic N) is 3. The lowest BCUT2D eigenvalue weighted by Gasteiger charge is -2.34. The lowest BCUT2D eigenvalue weighted by Crippen LogP contribution is -2.38. The first-order valence-electron chi connectivity index (χ1n) is 10.3. The second kappa shape index (κ2) is 8.32. The second-order valence-electron chi connectivity index (χ2n) is 7.81. The van der Waals surface area contributed by atoms with Crippen molar-refractivity contribution in [1.29, 1.82) is 0 Å². The number of hydrogen-bond acceptors (Lipinski definition) is 5. The fourth-order valence-corrected chi connectivity index (χ4v) is 4.27. The predicted molar refractivity (Wildman–Crippen MR) is 108 cm³/mol. The topological polar surface area (TPSA) is 68.6 Å². The molecule has 3 heterocycles. The Morgan fingerprint density at radius 2 is 1.84 bits per heavy atom. The number of nitrogens with one attached hydrogen (secondary N) is 1. The number of halogens is 3. The summed E-state index contributed by atoms with van der Waals surface area (Å²) in [6.45, 7) is 1.20. The van der Waals surface area contributed by atoms with E-state index in [4.69, 9.17) is 9.47 Å². The first kappa shape index (κ1) is 21.3. The third kappa shape index (κ3) is 4.03. The van der Waals surface area contributed by atoms with Crippen LogP contribution < -0.4 is 14.8 Å².